The minimum absolute atomic E-state index is 0.0114. The normalized spacial score (nSPS) is 25.2. The third-order valence-electron chi connectivity index (χ3n) is 5.21. The van der Waals surface area contributed by atoms with Crippen molar-refractivity contribution in [3.8, 4) is 0 Å². The molecule has 1 aromatic heterocycles. The third-order valence-corrected chi connectivity index (χ3v) is 5.21. The Hall–Kier alpha value is -2.03. The van der Waals surface area contributed by atoms with Gasteiger partial charge in [-0.2, -0.15) is 0 Å². The number of carbonyl (C=O) groups is 2. The number of likely N-dealkylation sites (tertiary alicyclic amines) is 1. The van der Waals surface area contributed by atoms with E-state index >= 15 is 0 Å². The van der Waals surface area contributed by atoms with Gasteiger partial charge in [0.15, 0.2) is 0 Å². The van der Waals surface area contributed by atoms with Crippen molar-refractivity contribution in [1.82, 2.24) is 14.8 Å². The number of alkyl halides is 2. The first-order chi connectivity index (χ1) is 12.4. The molecule has 9 heteroatoms. The standard InChI is InChI=1S/C17H21F2N3O4/c18-17(19)4-7-21(8-5-17)16(24)14-20-11-10-22(6-3-12(11)26-14)15(23)13-2-1-9-25-13/h13H,1-10H2/t13-/m0/s1. The first-order valence-electron chi connectivity index (χ1n) is 8.99. The van der Waals surface area contributed by atoms with Gasteiger partial charge in [-0.25, -0.2) is 13.8 Å². The molecule has 2 amide bonds. The number of rotatable bonds is 2. The Kier molecular flexibility index (Phi) is 4.42. The Balaban J connectivity index is 1.42. The van der Waals surface area contributed by atoms with E-state index < -0.39 is 11.8 Å². The average Bonchev–Trinajstić information content (AvgIpc) is 3.29. The van der Waals surface area contributed by atoms with Gasteiger partial charge in [0.1, 0.15) is 17.6 Å². The molecule has 0 spiro atoms. The number of piperidine rings is 1. The Morgan fingerprint density at radius 3 is 2.62 bits per heavy atom. The number of carbonyl (C=O) groups excluding carboxylic acids is 2. The van der Waals surface area contributed by atoms with Crippen LogP contribution in [0.25, 0.3) is 0 Å². The van der Waals surface area contributed by atoms with Gasteiger partial charge < -0.3 is 19.0 Å². The number of hydrogen-bond donors (Lipinski definition) is 0. The number of nitrogens with zero attached hydrogens (tertiary/aromatic N) is 3. The van der Waals surface area contributed by atoms with Crippen molar-refractivity contribution in [3.63, 3.8) is 0 Å². The molecule has 0 N–H and O–H groups in total. The van der Waals surface area contributed by atoms with Crippen LogP contribution in [0, 0.1) is 0 Å². The van der Waals surface area contributed by atoms with Crippen LogP contribution in [0.1, 0.15) is 47.8 Å². The molecule has 0 bridgehead atoms. The fraction of sp³-hybridized carbons (Fsp3) is 0.706. The van der Waals surface area contributed by atoms with Gasteiger partial charge in [0, 0.05) is 45.5 Å². The first-order valence-corrected chi connectivity index (χ1v) is 8.99. The molecule has 3 aliphatic heterocycles. The molecule has 7 nitrogen and oxygen atoms in total. The van der Waals surface area contributed by atoms with Crippen LogP contribution in [0.4, 0.5) is 8.78 Å². The lowest BCUT2D eigenvalue weighted by atomic mass is 10.1. The monoisotopic (exact) mass is 369 g/mol. The van der Waals surface area contributed by atoms with Crippen molar-refractivity contribution in [2.45, 2.75) is 50.7 Å². The van der Waals surface area contributed by atoms with Crippen molar-refractivity contribution < 1.29 is 27.5 Å². The van der Waals surface area contributed by atoms with Gasteiger partial charge >= 0.3 is 5.91 Å². The minimum atomic E-state index is -2.71. The van der Waals surface area contributed by atoms with Crippen molar-refractivity contribution in [1.29, 1.82) is 0 Å². The summed E-state index contributed by atoms with van der Waals surface area (Å²) in [6.07, 6.45) is 1.01. The SMILES string of the molecule is O=C(c1nc2c(o1)CCN(C(=O)[C@@H]1CCCO1)C2)N1CCC(F)(F)CC1. The van der Waals surface area contributed by atoms with E-state index in [9.17, 15) is 18.4 Å². The molecule has 26 heavy (non-hydrogen) atoms. The second-order valence-electron chi connectivity index (χ2n) is 7.05. The summed E-state index contributed by atoms with van der Waals surface area (Å²) < 4.78 is 37.5. The third kappa shape index (κ3) is 3.32. The summed E-state index contributed by atoms with van der Waals surface area (Å²) in [5, 5.41) is 0. The summed E-state index contributed by atoms with van der Waals surface area (Å²) >= 11 is 0. The fourth-order valence-electron chi connectivity index (χ4n) is 3.63. The molecular weight excluding hydrogens is 348 g/mol. The molecule has 4 rings (SSSR count). The molecule has 2 fully saturated rings. The van der Waals surface area contributed by atoms with Crippen molar-refractivity contribution in [2.75, 3.05) is 26.2 Å². The summed E-state index contributed by atoms with van der Waals surface area (Å²) in [6.45, 7) is 1.35. The molecule has 1 atom stereocenters. The van der Waals surface area contributed by atoms with Crippen LogP contribution >= 0.6 is 0 Å². The van der Waals surface area contributed by atoms with Gasteiger partial charge in [-0.1, -0.05) is 0 Å². The van der Waals surface area contributed by atoms with E-state index in [2.05, 4.69) is 4.98 Å². The second-order valence-corrected chi connectivity index (χ2v) is 7.05. The Bertz CT molecular complexity index is 705. The molecule has 0 aliphatic carbocycles. The molecule has 1 aromatic rings. The highest BCUT2D eigenvalue weighted by molar-refractivity contribution is 5.90. The van der Waals surface area contributed by atoms with Crippen LogP contribution in [0.3, 0.4) is 0 Å². The van der Waals surface area contributed by atoms with Crippen LogP contribution in [0.15, 0.2) is 4.42 Å². The van der Waals surface area contributed by atoms with E-state index in [1.54, 1.807) is 4.90 Å². The predicted octanol–water partition coefficient (Wildman–Crippen LogP) is 1.61. The molecule has 0 unspecified atom stereocenters. The van der Waals surface area contributed by atoms with Crippen LogP contribution in [-0.4, -0.2) is 64.9 Å². The van der Waals surface area contributed by atoms with Crippen LogP contribution < -0.4 is 0 Å². The van der Waals surface area contributed by atoms with E-state index in [1.165, 1.54) is 4.90 Å². The van der Waals surface area contributed by atoms with Gasteiger partial charge in [-0.05, 0) is 12.8 Å². The molecule has 3 aliphatic rings. The maximum Gasteiger partial charge on any atom is 0.309 e. The van der Waals surface area contributed by atoms with Gasteiger partial charge in [0.2, 0.25) is 0 Å². The molecule has 0 radical (unpaired) electrons. The Morgan fingerprint density at radius 1 is 1.15 bits per heavy atom. The maximum atomic E-state index is 13.3. The molecule has 2 saturated heterocycles. The quantitative estimate of drug-likeness (QED) is 0.792. The lowest BCUT2D eigenvalue weighted by molar-refractivity contribution is -0.142. The number of hydrogen-bond acceptors (Lipinski definition) is 5. The Labute approximate surface area is 149 Å². The van der Waals surface area contributed by atoms with Crippen molar-refractivity contribution in [2.24, 2.45) is 0 Å². The second kappa shape index (κ2) is 6.61. The van der Waals surface area contributed by atoms with E-state index in [0.29, 0.717) is 31.0 Å². The first kappa shape index (κ1) is 17.4. The molecule has 0 aromatic carbocycles. The van der Waals surface area contributed by atoms with E-state index in [-0.39, 0.29) is 50.4 Å². The van der Waals surface area contributed by atoms with Crippen molar-refractivity contribution in [3.05, 3.63) is 17.3 Å². The van der Waals surface area contributed by atoms with Crippen LogP contribution in [0.5, 0.6) is 0 Å². The highest BCUT2D eigenvalue weighted by atomic mass is 19.3. The summed E-state index contributed by atoms with van der Waals surface area (Å²) in [4.78, 5) is 32.2. The predicted molar refractivity (Wildman–Crippen MR) is 84.7 cm³/mol. The zero-order valence-corrected chi connectivity index (χ0v) is 14.4. The van der Waals surface area contributed by atoms with Crippen LogP contribution in [0.2, 0.25) is 0 Å². The number of halogens is 2. The zero-order chi connectivity index (χ0) is 18.3. The lowest BCUT2D eigenvalue weighted by Gasteiger charge is -2.30. The van der Waals surface area contributed by atoms with Gasteiger partial charge in [0.05, 0.1) is 6.54 Å². The summed E-state index contributed by atoms with van der Waals surface area (Å²) in [5.41, 5.74) is 0.563. The number of fused-ring (bicyclic) bond motifs is 1. The summed E-state index contributed by atoms with van der Waals surface area (Å²) in [6, 6.07) is 0. The number of oxazole rings is 1. The number of aromatic nitrogens is 1. The lowest BCUT2D eigenvalue weighted by Crippen LogP contribution is -2.42. The van der Waals surface area contributed by atoms with E-state index in [4.69, 9.17) is 9.15 Å². The summed E-state index contributed by atoms with van der Waals surface area (Å²) in [5.74, 6) is -2.72. The molecule has 142 valence electrons. The topological polar surface area (TPSA) is 75.9 Å². The average molecular weight is 369 g/mol. The van der Waals surface area contributed by atoms with Crippen LogP contribution in [-0.2, 0) is 22.5 Å². The van der Waals surface area contributed by atoms with Crippen molar-refractivity contribution >= 4 is 11.8 Å². The van der Waals surface area contributed by atoms with Gasteiger partial charge in [0.25, 0.3) is 17.7 Å². The van der Waals surface area contributed by atoms with Gasteiger partial charge in [-0.3, -0.25) is 9.59 Å². The highest BCUT2D eigenvalue weighted by Crippen LogP contribution is 2.29. The Morgan fingerprint density at radius 2 is 1.92 bits per heavy atom. The highest BCUT2D eigenvalue weighted by Gasteiger charge is 2.38. The maximum absolute atomic E-state index is 13.3. The molecule has 4 heterocycles. The van der Waals surface area contributed by atoms with E-state index in [1.807, 2.05) is 0 Å². The summed E-state index contributed by atoms with van der Waals surface area (Å²) in [7, 11) is 0. The number of ether oxygens (including phenoxy) is 1. The molecule has 0 saturated carbocycles. The zero-order valence-electron chi connectivity index (χ0n) is 14.4. The molecular formula is C17H21F2N3O4. The number of amides is 2. The fourth-order valence-corrected chi connectivity index (χ4v) is 3.63. The largest absolute Gasteiger partial charge is 0.437 e. The van der Waals surface area contributed by atoms with E-state index in [0.717, 1.165) is 12.8 Å². The van der Waals surface area contributed by atoms with Gasteiger partial charge in [-0.15, -0.1) is 0 Å². The smallest absolute Gasteiger partial charge is 0.309 e. The minimum Gasteiger partial charge on any atom is -0.437 e.